The molecule has 2 heterocycles. The number of carbonyl (C=O) groups is 2. The molecule has 144 valence electrons. The summed E-state index contributed by atoms with van der Waals surface area (Å²) in [5.41, 5.74) is 4.00. The molecule has 2 N–H and O–H groups in total. The number of hydrogen-bond acceptors (Lipinski definition) is 4. The summed E-state index contributed by atoms with van der Waals surface area (Å²) < 4.78 is 1.73. The Morgan fingerprint density at radius 1 is 1.11 bits per heavy atom. The van der Waals surface area contributed by atoms with Gasteiger partial charge in [-0.1, -0.05) is 6.07 Å². The van der Waals surface area contributed by atoms with Crippen molar-refractivity contribution in [2.45, 2.75) is 19.8 Å². The Labute approximate surface area is 163 Å². The number of anilines is 1. The first-order valence-electron chi connectivity index (χ1n) is 9.06. The second-order valence-electron chi connectivity index (χ2n) is 6.64. The molecule has 3 aromatic rings. The van der Waals surface area contributed by atoms with E-state index < -0.39 is 0 Å². The number of nitrogens with zero attached hydrogens (tertiary/aromatic N) is 3. The Balaban J connectivity index is 1.58. The number of nitrogens with one attached hydrogen (secondary N) is 2. The lowest BCUT2D eigenvalue weighted by atomic mass is 10.1. The first-order chi connectivity index (χ1) is 13.5. The predicted octanol–water partition coefficient (Wildman–Crippen LogP) is 2.28. The standard InChI is InChI=1S/C21H23N5O2/c1-15-3-4-18(21(28)23-10-7-17-13-24-26(2)14-17)12-19(15)25-20(27)11-16-5-8-22-9-6-16/h3-6,8-9,12-14H,7,10-11H2,1-2H3,(H,23,28)(H,25,27). The summed E-state index contributed by atoms with van der Waals surface area (Å²) in [4.78, 5) is 28.7. The SMILES string of the molecule is Cc1ccc(C(=O)NCCc2cnn(C)c2)cc1NC(=O)Cc1ccncc1. The van der Waals surface area contributed by atoms with Crippen molar-refractivity contribution in [1.82, 2.24) is 20.1 Å². The van der Waals surface area contributed by atoms with Gasteiger partial charge in [0.15, 0.2) is 0 Å². The molecule has 0 unspecified atom stereocenters. The molecule has 0 radical (unpaired) electrons. The smallest absolute Gasteiger partial charge is 0.251 e. The number of amides is 2. The van der Waals surface area contributed by atoms with E-state index in [2.05, 4.69) is 20.7 Å². The lowest BCUT2D eigenvalue weighted by molar-refractivity contribution is -0.115. The first-order valence-corrected chi connectivity index (χ1v) is 9.06. The van der Waals surface area contributed by atoms with E-state index in [1.165, 1.54) is 0 Å². The van der Waals surface area contributed by atoms with E-state index in [1.54, 1.807) is 47.5 Å². The van der Waals surface area contributed by atoms with Crippen LogP contribution >= 0.6 is 0 Å². The molecule has 3 rings (SSSR count). The van der Waals surface area contributed by atoms with Crippen LogP contribution in [0.4, 0.5) is 5.69 Å². The summed E-state index contributed by atoms with van der Waals surface area (Å²) >= 11 is 0. The van der Waals surface area contributed by atoms with E-state index in [-0.39, 0.29) is 18.2 Å². The maximum absolute atomic E-state index is 12.4. The Morgan fingerprint density at radius 3 is 2.61 bits per heavy atom. The summed E-state index contributed by atoms with van der Waals surface area (Å²) in [5, 5.41) is 9.90. The van der Waals surface area contributed by atoms with Crippen molar-refractivity contribution in [2.24, 2.45) is 7.05 Å². The number of rotatable bonds is 7. The van der Waals surface area contributed by atoms with Crippen molar-refractivity contribution in [2.75, 3.05) is 11.9 Å². The van der Waals surface area contributed by atoms with Crippen LogP contribution in [0.3, 0.4) is 0 Å². The second kappa shape index (κ2) is 8.94. The fourth-order valence-electron chi connectivity index (χ4n) is 2.80. The van der Waals surface area contributed by atoms with Gasteiger partial charge >= 0.3 is 0 Å². The van der Waals surface area contributed by atoms with E-state index in [9.17, 15) is 9.59 Å². The number of carbonyl (C=O) groups excluding carboxylic acids is 2. The second-order valence-corrected chi connectivity index (χ2v) is 6.64. The van der Waals surface area contributed by atoms with E-state index in [0.717, 1.165) is 16.7 Å². The average Bonchev–Trinajstić information content (AvgIpc) is 3.09. The Morgan fingerprint density at radius 2 is 1.89 bits per heavy atom. The zero-order chi connectivity index (χ0) is 19.9. The molecule has 1 aromatic carbocycles. The quantitative estimate of drug-likeness (QED) is 0.661. The third-order valence-electron chi connectivity index (χ3n) is 4.35. The molecule has 2 aromatic heterocycles. The summed E-state index contributed by atoms with van der Waals surface area (Å²) in [6.45, 7) is 2.41. The molecule has 7 nitrogen and oxygen atoms in total. The number of aryl methyl sites for hydroxylation is 2. The van der Waals surface area contributed by atoms with Crippen LogP contribution in [-0.4, -0.2) is 33.1 Å². The topological polar surface area (TPSA) is 88.9 Å². The predicted molar refractivity (Wildman–Crippen MR) is 107 cm³/mol. The van der Waals surface area contributed by atoms with Crippen molar-refractivity contribution in [3.63, 3.8) is 0 Å². The highest BCUT2D eigenvalue weighted by Gasteiger charge is 2.11. The van der Waals surface area contributed by atoms with Crippen molar-refractivity contribution in [3.8, 4) is 0 Å². The van der Waals surface area contributed by atoms with Gasteiger partial charge in [-0.05, 0) is 54.3 Å². The van der Waals surface area contributed by atoms with Crippen LogP contribution in [0.5, 0.6) is 0 Å². The van der Waals surface area contributed by atoms with Gasteiger partial charge in [-0.15, -0.1) is 0 Å². The Kier molecular flexibility index (Phi) is 6.16. The van der Waals surface area contributed by atoms with E-state index in [4.69, 9.17) is 0 Å². The minimum atomic E-state index is -0.173. The van der Waals surface area contributed by atoms with E-state index in [0.29, 0.717) is 24.2 Å². The van der Waals surface area contributed by atoms with Crippen LogP contribution in [0.15, 0.2) is 55.1 Å². The van der Waals surface area contributed by atoms with Crippen molar-refractivity contribution >= 4 is 17.5 Å². The van der Waals surface area contributed by atoms with Gasteiger partial charge in [0.2, 0.25) is 5.91 Å². The van der Waals surface area contributed by atoms with Gasteiger partial charge in [-0.2, -0.15) is 5.10 Å². The molecule has 0 fully saturated rings. The highest BCUT2D eigenvalue weighted by molar-refractivity contribution is 5.98. The summed E-state index contributed by atoms with van der Waals surface area (Å²) in [6, 6.07) is 8.90. The molecule has 0 aliphatic heterocycles. The molecule has 28 heavy (non-hydrogen) atoms. The Hall–Kier alpha value is -3.48. The van der Waals surface area contributed by atoms with Gasteiger partial charge in [0, 0.05) is 43.4 Å². The van der Waals surface area contributed by atoms with Gasteiger partial charge in [-0.25, -0.2) is 0 Å². The van der Waals surface area contributed by atoms with Gasteiger partial charge in [0.25, 0.3) is 5.91 Å². The number of benzene rings is 1. The van der Waals surface area contributed by atoms with Crippen LogP contribution in [-0.2, 0) is 24.7 Å². The van der Waals surface area contributed by atoms with Crippen molar-refractivity contribution in [1.29, 1.82) is 0 Å². The zero-order valence-corrected chi connectivity index (χ0v) is 16.0. The number of aromatic nitrogens is 3. The van der Waals surface area contributed by atoms with Gasteiger partial charge < -0.3 is 10.6 Å². The number of hydrogen-bond donors (Lipinski definition) is 2. The summed E-state index contributed by atoms with van der Waals surface area (Å²) in [6.07, 6.45) is 7.99. The molecular formula is C21H23N5O2. The highest BCUT2D eigenvalue weighted by Crippen LogP contribution is 2.17. The molecule has 7 heteroatoms. The third-order valence-corrected chi connectivity index (χ3v) is 4.35. The first kappa shape index (κ1) is 19.3. The van der Waals surface area contributed by atoms with Crippen LogP contribution in [0.25, 0.3) is 0 Å². The molecule has 2 amide bonds. The minimum absolute atomic E-state index is 0.136. The Bertz CT molecular complexity index is 966. The van der Waals surface area contributed by atoms with E-state index in [1.807, 2.05) is 26.2 Å². The molecule has 0 bridgehead atoms. The normalized spacial score (nSPS) is 10.5. The molecule has 0 aliphatic carbocycles. The molecule has 0 atom stereocenters. The maximum atomic E-state index is 12.4. The lowest BCUT2D eigenvalue weighted by Crippen LogP contribution is -2.26. The number of pyridine rings is 1. The molecule has 0 aliphatic rings. The molecule has 0 saturated heterocycles. The summed E-state index contributed by atoms with van der Waals surface area (Å²) in [5.74, 6) is -0.308. The molecular weight excluding hydrogens is 354 g/mol. The zero-order valence-electron chi connectivity index (χ0n) is 16.0. The average molecular weight is 377 g/mol. The monoisotopic (exact) mass is 377 g/mol. The van der Waals surface area contributed by atoms with Gasteiger partial charge in [0.05, 0.1) is 12.6 Å². The minimum Gasteiger partial charge on any atom is -0.352 e. The highest BCUT2D eigenvalue weighted by atomic mass is 16.2. The van der Waals surface area contributed by atoms with Crippen LogP contribution < -0.4 is 10.6 Å². The van der Waals surface area contributed by atoms with Gasteiger partial charge in [0.1, 0.15) is 0 Å². The van der Waals surface area contributed by atoms with Crippen LogP contribution in [0.2, 0.25) is 0 Å². The molecule has 0 saturated carbocycles. The molecule has 0 spiro atoms. The third kappa shape index (κ3) is 5.26. The fourth-order valence-corrected chi connectivity index (χ4v) is 2.80. The largest absolute Gasteiger partial charge is 0.352 e. The van der Waals surface area contributed by atoms with Crippen LogP contribution in [0, 0.1) is 6.92 Å². The fraction of sp³-hybridized carbons (Fsp3) is 0.238. The van der Waals surface area contributed by atoms with E-state index >= 15 is 0 Å². The van der Waals surface area contributed by atoms with Gasteiger partial charge in [-0.3, -0.25) is 19.3 Å². The van der Waals surface area contributed by atoms with Crippen molar-refractivity contribution in [3.05, 3.63) is 77.4 Å². The lowest BCUT2D eigenvalue weighted by Gasteiger charge is -2.11. The summed E-state index contributed by atoms with van der Waals surface area (Å²) in [7, 11) is 1.86. The maximum Gasteiger partial charge on any atom is 0.251 e. The van der Waals surface area contributed by atoms with Crippen LogP contribution in [0.1, 0.15) is 27.0 Å². The van der Waals surface area contributed by atoms with Crippen molar-refractivity contribution < 1.29 is 9.59 Å².